The quantitative estimate of drug-likeness (QED) is 0.676. The number of methoxy groups -OCH3 is 1. The summed E-state index contributed by atoms with van der Waals surface area (Å²) >= 11 is 6.24. The van der Waals surface area contributed by atoms with Crippen molar-refractivity contribution in [3.05, 3.63) is 58.6 Å². The second kappa shape index (κ2) is 8.97. The molecule has 148 valence electrons. The van der Waals surface area contributed by atoms with Crippen molar-refractivity contribution in [2.45, 2.75) is 31.9 Å². The van der Waals surface area contributed by atoms with Gasteiger partial charge in [0.15, 0.2) is 11.5 Å². The number of hydrogen-bond acceptors (Lipinski definition) is 5. The lowest BCUT2D eigenvalue weighted by molar-refractivity contribution is -0.130. The molecular formula is C21H22ClNO5. The molecule has 0 aliphatic heterocycles. The van der Waals surface area contributed by atoms with Gasteiger partial charge in [0.25, 0.3) is 5.91 Å². The van der Waals surface area contributed by atoms with Gasteiger partial charge in [-0.25, -0.2) is 4.79 Å². The Labute approximate surface area is 168 Å². The number of benzene rings is 2. The van der Waals surface area contributed by atoms with Crippen LogP contribution in [0, 0.1) is 0 Å². The first kappa shape index (κ1) is 20.0. The highest BCUT2D eigenvalue weighted by atomic mass is 35.5. The van der Waals surface area contributed by atoms with Crippen molar-refractivity contribution in [2.75, 3.05) is 13.7 Å². The molecule has 0 radical (unpaired) electrons. The van der Waals surface area contributed by atoms with Crippen molar-refractivity contribution in [3.8, 4) is 11.5 Å². The maximum atomic E-state index is 12.8. The second-order valence-corrected chi connectivity index (χ2v) is 6.81. The van der Waals surface area contributed by atoms with Gasteiger partial charge < -0.3 is 19.5 Å². The van der Waals surface area contributed by atoms with Crippen LogP contribution >= 0.6 is 11.6 Å². The first-order chi connectivity index (χ1) is 13.5. The average Bonchev–Trinajstić information content (AvgIpc) is 3.51. The summed E-state index contributed by atoms with van der Waals surface area (Å²) in [5.41, 5.74) is 0.767. The van der Waals surface area contributed by atoms with Crippen LogP contribution in [0.15, 0.2) is 42.5 Å². The maximum Gasteiger partial charge on any atom is 0.339 e. The third-order valence-electron chi connectivity index (χ3n) is 4.24. The molecule has 7 heteroatoms. The third-order valence-corrected chi connectivity index (χ3v) is 4.52. The standard InChI is InChI=1S/C21H22ClNO5/c1-3-27-19-16(22)11-14(12-17(19)26-2)21(25)28-18(13-7-5-4-6-8-13)20(24)23-15-9-10-15/h4-8,11-12,15,18H,3,9-10H2,1-2H3,(H,23,24)/t18-/m0/s1. The van der Waals surface area contributed by atoms with Crippen molar-refractivity contribution >= 4 is 23.5 Å². The van der Waals surface area contributed by atoms with Crippen LogP contribution in [-0.2, 0) is 9.53 Å². The summed E-state index contributed by atoms with van der Waals surface area (Å²) in [6, 6.07) is 12.0. The first-order valence-corrected chi connectivity index (χ1v) is 9.48. The number of carbonyl (C=O) groups is 2. The van der Waals surface area contributed by atoms with Gasteiger partial charge in [0.05, 0.1) is 24.3 Å². The molecule has 1 aliphatic rings. The van der Waals surface area contributed by atoms with Gasteiger partial charge in [0.1, 0.15) is 0 Å². The van der Waals surface area contributed by atoms with Gasteiger partial charge >= 0.3 is 5.97 Å². The minimum absolute atomic E-state index is 0.150. The van der Waals surface area contributed by atoms with E-state index in [9.17, 15) is 9.59 Å². The Balaban J connectivity index is 1.85. The Kier molecular flexibility index (Phi) is 6.41. The van der Waals surface area contributed by atoms with E-state index in [0.29, 0.717) is 23.7 Å². The summed E-state index contributed by atoms with van der Waals surface area (Å²) in [4.78, 5) is 25.4. The van der Waals surface area contributed by atoms with E-state index in [4.69, 9.17) is 25.8 Å². The van der Waals surface area contributed by atoms with Crippen molar-refractivity contribution in [1.82, 2.24) is 5.32 Å². The number of nitrogens with one attached hydrogen (secondary N) is 1. The van der Waals surface area contributed by atoms with Crippen LogP contribution in [0.4, 0.5) is 0 Å². The third kappa shape index (κ3) is 4.75. The topological polar surface area (TPSA) is 73.9 Å². The smallest absolute Gasteiger partial charge is 0.339 e. The molecule has 0 unspecified atom stereocenters. The predicted octanol–water partition coefficient (Wildman–Crippen LogP) is 3.92. The summed E-state index contributed by atoms with van der Waals surface area (Å²) in [7, 11) is 1.46. The van der Waals surface area contributed by atoms with Gasteiger partial charge in [-0.1, -0.05) is 41.9 Å². The van der Waals surface area contributed by atoms with E-state index in [0.717, 1.165) is 12.8 Å². The molecule has 1 saturated carbocycles. The van der Waals surface area contributed by atoms with Crippen molar-refractivity contribution in [3.63, 3.8) is 0 Å². The number of esters is 1. The van der Waals surface area contributed by atoms with Gasteiger partial charge in [-0.15, -0.1) is 0 Å². The molecule has 0 aromatic heterocycles. The summed E-state index contributed by atoms with van der Waals surface area (Å²) in [5.74, 6) is -0.344. The Bertz CT molecular complexity index is 851. The molecule has 1 N–H and O–H groups in total. The molecule has 2 aromatic rings. The fourth-order valence-corrected chi connectivity index (χ4v) is 2.97. The van der Waals surface area contributed by atoms with Gasteiger partial charge in [0, 0.05) is 11.6 Å². The van der Waals surface area contributed by atoms with E-state index >= 15 is 0 Å². The SMILES string of the molecule is CCOc1c(Cl)cc(C(=O)O[C@H](C(=O)NC2CC2)c2ccccc2)cc1OC. The molecule has 1 amide bonds. The molecule has 0 saturated heterocycles. The summed E-state index contributed by atoms with van der Waals surface area (Å²) in [6.45, 7) is 2.22. The molecule has 1 aliphatic carbocycles. The van der Waals surface area contributed by atoms with E-state index in [2.05, 4.69) is 5.32 Å². The van der Waals surface area contributed by atoms with Crippen LogP contribution in [0.3, 0.4) is 0 Å². The van der Waals surface area contributed by atoms with Crippen LogP contribution in [0.25, 0.3) is 0 Å². The first-order valence-electron chi connectivity index (χ1n) is 9.10. The molecule has 6 nitrogen and oxygen atoms in total. The maximum absolute atomic E-state index is 12.8. The van der Waals surface area contributed by atoms with E-state index in [1.165, 1.54) is 19.2 Å². The lowest BCUT2D eigenvalue weighted by Crippen LogP contribution is -2.33. The fraction of sp³-hybridized carbons (Fsp3) is 0.333. The number of hydrogen-bond donors (Lipinski definition) is 1. The van der Waals surface area contributed by atoms with Crippen LogP contribution < -0.4 is 14.8 Å². The highest BCUT2D eigenvalue weighted by Gasteiger charge is 2.31. The highest BCUT2D eigenvalue weighted by Crippen LogP contribution is 2.37. The Morgan fingerprint density at radius 1 is 1.21 bits per heavy atom. The number of halogens is 1. The number of carbonyl (C=O) groups excluding carboxylic acids is 2. The molecule has 1 fully saturated rings. The Morgan fingerprint density at radius 2 is 1.93 bits per heavy atom. The monoisotopic (exact) mass is 403 g/mol. The number of rotatable bonds is 8. The minimum atomic E-state index is -1.05. The van der Waals surface area contributed by atoms with E-state index in [1.54, 1.807) is 24.3 Å². The molecule has 0 heterocycles. The minimum Gasteiger partial charge on any atom is -0.493 e. The number of ether oxygens (including phenoxy) is 3. The molecule has 1 atom stereocenters. The van der Waals surface area contributed by atoms with Gasteiger partial charge in [-0.2, -0.15) is 0 Å². The Hall–Kier alpha value is -2.73. The van der Waals surface area contributed by atoms with Crippen molar-refractivity contribution in [2.24, 2.45) is 0 Å². The molecule has 0 spiro atoms. The summed E-state index contributed by atoms with van der Waals surface area (Å²) in [5, 5.41) is 3.11. The average molecular weight is 404 g/mol. The second-order valence-electron chi connectivity index (χ2n) is 6.40. The lowest BCUT2D eigenvalue weighted by Gasteiger charge is -2.19. The van der Waals surface area contributed by atoms with E-state index < -0.39 is 12.1 Å². The lowest BCUT2D eigenvalue weighted by atomic mass is 10.1. The predicted molar refractivity (Wildman–Crippen MR) is 105 cm³/mol. The van der Waals surface area contributed by atoms with E-state index in [1.807, 2.05) is 13.0 Å². The zero-order valence-electron chi connectivity index (χ0n) is 15.7. The van der Waals surface area contributed by atoms with Crippen LogP contribution in [-0.4, -0.2) is 31.6 Å². The van der Waals surface area contributed by atoms with Crippen molar-refractivity contribution < 1.29 is 23.8 Å². The normalized spacial score (nSPS) is 14.1. The number of amides is 1. The Morgan fingerprint density at radius 3 is 2.54 bits per heavy atom. The summed E-state index contributed by atoms with van der Waals surface area (Å²) < 4.78 is 16.3. The van der Waals surface area contributed by atoms with E-state index in [-0.39, 0.29) is 22.5 Å². The van der Waals surface area contributed by atoms with Crippen LogP contribution in [0.5, 0.6) is 11.5 Å². The van der Waals surface area contributed by atoms with Crippen LogP contribution in [0.1, 0.15) is 41.8 Å². The van der Waals surface area contributed by atoms with Gasteiger partial charge in [-0.3, -0.25) is 4.79 Å². The molecule has 2 aromatic carbocycles. The van der Waals surface area contributed by atoms with Gasteiger partial charge in [-0.05, 0) is 31.9 Å². The fourth-order valence-electron chi connectivity index (χ4n) is 2.70. The highest BCUT2D eigenvalue weighted by molar-refractivity contribution is 6.32. The van der Waals surface area contributed by atoms with Gasteiger partial charge in [0.2, 0.25) is 6.10 Å². The van der Waals surface area contributed by atoms with Crippen LogP contribution in [0.2, 0.25) is 5.02 Å². The molecular weight excluding hydrogens is 382 g/mol. The molecule has 0 bridgehead atoms. The molecule has 3 rings (SSSR count). The molecule has 28 heavy (non-hydrogen) atoms. The van der Waals surface area contributed by atoms with Crippen molar-refractivity contribution in [1.29, 1.82) is 0 Å². The summed E-state index contributed by atoms with van der Waals surface area (Å²) in [6.07, 6.45) is 0.824. The zero-order valence-corrected chi connectivity index (χ0v) is 16.5. The zero-order chi connectivity index (χ0) is 20.1. The largest absolute Gasteiger partial charge is 0.493 e.